The summed E-state index contributed by atoms with van der Waals surface area (Å²) in [6.07, 6.45) is 1.72. The van der Waals surface area contributed by atoms with Crippen LogP contribution in [0.4, 0.5) is 0 Å². The predicted octanol–water partition coefficient (Wildman–Crippen LogP) is 2.16. The quantitative estimate of drug-likeness (QED) is 0.768. The van der Waals surface area contributed by atoms with Gasteiger partial charge >= 0.3 is 0 Å². The number of aryl methyl sites for hydroxylation is 2. The molecule has 2 aromatic rings. The van der Waals surface area contributed by atoms with Crippen molar-refractivity contribution in [3.63, 3.8) is 0 Å². The molecule has 28 heavy (non-hydrogen) atoms. The van der Waals surface area contributed by atoms with Crippen molar-refractivity contribution in [3.8, 4) is 0 Å². The van der Waals surface area contributed by atoms with Crippen LogP contribution in [0.5, 0.6) is 0 Å². The average Bonchev–Trinajstić information content (AvgIpc) is 3.21. The zero-order valence-electron chi connectivity index (χ0n) is 15.9. The number of nitrogens with zero attached hydrogens (tertiary/aromatic N) is 1. The van der Waals surface area contributed by atoms with Crippen LogP contribution in [0, 0.1) is 13.8 Å². The number of nitrogens with one attached hydrogen (secondary N) is 2. The molecule has 1 aliphatic heterocycles. The van der Waals surface area contributed by atoms with Gasteiger partial charge in [0.15, 0.2) is 0 Å². The summed E-state index contributed by atoms with van der Waals surface area (Å²) in [7, 11) is -3.52. The van der Waals surface area contributed by atoms with E-state index in [0.29, 0.717) is 18.7 Å². The molecule has 0 aromatic heterocycles. The maximum Gasteiger partial charge on any atom is 0.269 e. The normalized spacial score (nSPS) is 14.6. The summed E-state index contributed by atoms with van der Waals surface area (Å²) >= 11 is 0. The third-order valence-electron chi connectivity index (χ3n) is 4.59. The fourth-order valence-electron chi connectivity index (χ4n) is 3.22. The van der Waals surface area contributed by atoms with E-state index in [1.807, 2.05) is 19.9 Å². The van der Waals surface area contributed by atoms with Gasteiger partial charge in [-0.25, -0.2) is 8.42 Å². The van der Waals surface area contributed by atoms with Gasteiger partial charge in [-0.05, 0) is 63.1 Å². The maximum atomic E-state index is 12.5. The molecule has 0 atom stereocenters. The van der Waals surface area contributed by atoms with Gasteiger partial charge in [0, 0.05) is 24.2 Å². The minimum absolute atomic E-state index is 0.158. The lowest BCUT2D eigenvalue weighted by molar-refractivity contribution is 0.0846. The number of benzene rings is 2. The topological polar surface area (TPSA) is 95.6 Å². The predicted molar refractivity (Wildman–Crippen MR) is 105 cm³/mol. The van der Waals surface area contributed by atoms with E-state index in [1.54, 1.807) is 12.1 Å². The molecule has 2 N–H and O–H groups in total. The Kier molecular flexibility index (Phi) is 5.81. The minimum Gasteiger partial charge on any atom is -0.267 e. The summed E-state index contributed by atoms with van der Waals surface area (Å²) in [5, 5.41) is 0. The molecule has 1 fully saturated rings. The lowest BCUT2D eigenvalue weighted by atomic mass is 10.1. The molecular formula is C20H23N3O4S. The lowest BCUT2D eigenvalue weighted by Crippen LogP contribution is -2.41. The number of carbonyl (C=O) groups is 2. The summed E-state index contributed by atoms with van der Waals surface area (Å²) in [5.41, 5.74) is 7.33. The molecule has 1 saturated heterocycles. The second-order valence-corrected chi connectivity index (χ2v) is 8.86. The first-order valence-corrected chi connectivity index (χ1v) is 10.5. The molecule has 2 aromatic carbocycles. The van der Waals surface area contributed by atoms with Crippen LogP contribution >= 0.6 is 0 Å². The van der Waals surface area contributed by atoms with E-state index in [-0.39, 0.29) is 10.5 Å². The van der Waals surface area contributed by atoms with Gasteiger partial charge in [0.1, 0.15) is 0 Å². The Morgan fingerprint density at radius 3 is 1.86 bits per heavy atom. The summed E-state index contributed by atoms with van der Waals surface area (Å²) in [6, 6.07) is 11.1. The lowest BCUT2D eigenvalue weighted by Gasteiger charge is -2.15. The van der Waals surface area contributed by atoms with E-state index in [9.17, 15) is 18.0 Å². The average molecular weight is 401 g/mol. The maximum absolute atomic E-state index is 12.5. The van der Waals surface area contributed by atoms with Crippen LogP contribution < -0.4 is 10.9 Å². The Labute approximate surface area is 164 Å². The van der Waals surface area contributed by atoms with Gasteiger partial charge in [0.2, 0.25) is 10.0 Å². The van der Waals surface area contributed by atoms with E-state index in [2.05, 4.69) is 10.9 Å². The van der Waals surface area contributed by atoms with Crippen molar-refractivity contribution in [2.75, 3.05) is 13.1 Å². The van der Waals surface area contributed by atoms with Gasteiger partial charge < -0.3 is 0 Å². The molecule has 8 heteroatoms. The molecule has 2 amide bonds. The van der Waals surface area contributed by atoms with Crippen molar-refractivity contribution in [1.29, 1.82) is 0 Å². The second kappa shape index (κ2) is 8.12. The van der Waals surface area contributed by atoms with Crippen molar-refractivity contribution in [3.05, 3.63) is 64.7 Å². The van der Waals surface area contributed by atoms with E-state index < -0.39 is 21.8 Å². The summed E-state index contributed by atoms with van der Waals surface area (Å²) in [6.45, 7) is 4.82. The summed E-state index contributed by atoms with van der Waals surface area (Å²) in [5.74, 6) is -0.948. The van der Waals surface area contributed by atoms with Crippen molar-refractivity contribution in [2.24, 2.45) is 0 Å². The third kappa shape index (κ3) is 4.40. The van der Waals surface area contributed by atoms with Crippen LogP contribution in [-0.4, -0.2) is 37.6 Å². The standard InChI is InChI=1S/C20H23N3O4S/c1-14-11-15(2)13-17(12-14)20(25)22-21-19(24)16-5-7-18(8-6-16)28(26,27)23-9-3-4-10-23/h5-8,11-13H,3-4,9-10H2,1-2H3,(H,21,24)(H,22,25). The zero-order chi connectivity index (χ0) is 20.3. The van der Waals surface area contributed by atoms with Gasteiger partial charge in [-0.2, -0.15) is 4.31 Å². The third-order valence-corrected chi connectivity index (χ3v) is 6.51. The van der Waals surface area contributed by atoms with Crippen molar-refractivity contribution >= 4 is 21.8 Å². The van der Waals surface area contributed by atoms with E-state index in [1.165, 1.54) is 28.6 Å². The zero-order valence-corrected chi connectivity index (χ0v) is 16.7. The van der Waals surface area contributed by atoms with Crippen molar-refractivity contribution < 1.29 is 18.0 Å². The largest absolute Gasteiger partial charge is 0.269 e. The van der Waals surface area contributed by atoms with E-state index in [4.69, 9.17) is 0 Å². The first-order chi connectivity index (χ1) is 13.3. The number of hydrazine groups is 1. The highest BCUT2D eigenvalue weighted by molar-refractivity contribution is 7.89. The Morgan fingerprint density at radius 1 is 0.821 bits per heavy atom. The fraction of sp³-hybridized carbons (Fsp3) is 0.300. The Morgan fingerprint density at radius 2 is 1.32 bits per heavy atom. The Balaban J connectivity index is 1.64. The van der Waals surface area contributed by atoms with Crippen molar-refractivity contribution in [2.45, 2.75) is 31.6 Å². The molecule has 0 aliphatic carbocycles. The van der Waals surface area contributed by atoms with Crippen LogP contribution in [0.25, 0.3) is 0 Å². The number of hydrogen-bond donors (Lipinski definition) is 2. The first kappa shape index (κ1) is 20.0. The first-order valence-electron chi connectivity index (χ1n) is 9.06. The molecule has 0 spiro atoms. The molecule has 148 valence electrons. The molecule has 1 heterocycles. The molecule has 1 aliphatic rings. The highest BCUT2D eigenvalue weighted by Gasteiger charge is 2.27. The van der Waals surface area contributed by atoms with E-state index in [0.717, 1.165) is 24.0 Å². The number of carbonyl (C=O) groups excluding carboxylic acids is 2. The fourth-order valence-corrected chi connectivity index (χ4v) is 4.74. The number of rotatable bonds is 4. The van der Waals surface area contributed by atoms with Crippen LogP contribution in [-0.2, 0) is 10.0 Å². The van der Waals surface area contributed by atoms with Gasteiger partial charge in [-0.3, -0.25) is 20.4 Å². The Bertz CT molecular complexity index is 974. The minimum atomic E-state index is -3.52. The Hall–Kier alpha value is -2.71. The SMILES string of the molecule is Cc1cc(C)cc(C(=O)NNC(=O)c2ccc(S(=O)(=O)N3CCCC3)cc2)c1. The van der Waals surface area contributed by atoms with Gasteiger partial charge in [0.25, 0.3) is 11.8 Å². The molecule has 0 unspecified atom stereocenters. The molecule has 0 radical (unpaired) electrons. The van der Waals surface area contributed by atoms with E-state index >= 15 is 0 Å². The van der Waals surface area contributed by atoms with Crippen LogP contribution in [0.3, 0.4) is 0 Å². The highest BCUT2D eigenvalue weighted by Crippen LogP contribution is 2.21. The molecule has 3 rings (SSSR count). The summed E-state index contributed by atoms with van der Waals surface area (Å²) < 4.78 is 26.5. The van der Waals surface area contributed by atoms with Gasteiger partial charge in [-0.15, -0.1) is 0 Å². The number of amides is 2. The smallest absolute Gasteiger partial charge is 0.267 e. The highest BCUT2D eigenvalue weighted by atomic mass is 32.2. The van der Waals surface area contributed by atoms with Crippen LogP contribution in [0.2, 0.25) is 0 Å². The van der Waals surface area contributed by atoms with Gasteiger partial charge in [-0.1, -0.05) is 17.2 Å². The second-order valence-electron chi connectivity index (χ2n) is 6.92. The van der Waals surface area contributed by atoms with Gasteiger partial charge in [0.05, 0.1) is 4.90 Å². The monoisotopic (exact) mass is 401 g/mol. The molecular weight excluding hydrogens is 378 g/mol. The van der Waals surface area contributed by atoms with Crippen molar-refractivity contribution in [1.82, 2.24) is 15.2 Å². The molecule has 0 bridgehead atoms. The number of hydrogen-bond acceptors (Lipinski definition) is 4. The molecule has 7 nitrogen and oxygen atoms in total. The van der Waals surface area contributed by atoms with Crippen LogP contribution in [0.15, 0.2) is 47.4 Å². The summed E-state index contributed by atoms with van der Waals surface area (Å²) in [4.78, 5) is 24.6. The number of sulfonamides is 1. The van der Waals surface area contributed by atoms with Crippen LogP contribution in [0.1, 0.15) is 44.7 Å². The molecule has 0 saturated carbocycles.